The number of carbonyl (C=O) groups is 1. The third-order valence-corrected chi connectivity index (χ3v) is 9.31. The standard InChI is InChI=1S/C31H33FN4O/c1-20-26-13-12-25-28(24-10-6-7-11-27(24)32)36(34-30(25)31(26,2)18-21(19-33)29(20)37)23-14-16-35(17-15-23)22-8-4-3-5-9-22/h3-11,20-21,23,26H,12-18H2,1-2H3/t20-,21?,26-,31-/m1/s1. The van der Waals surface area contributed by atoms with Gasteiger partial charge in [-0.05, 0) is 62.3 Å². The Morgan fingerprint density at radius 1 is 1.05 bits per heavy atom. The molecule has 4 atom stereocenters. The number of para-hydroxylation sites is 1. The fourth-order valence-corrected chi connectivity index (χ4v) is 7.37. The molecular formula is C31H33FN4O. The normalized spacial score (nSPS) is 27.9. The first-order valence-electron chi connectivity index (χ1n) is 13.5. The number of benzene rings is 2. The molecule has 0 radical (unpaired) electrons. The predicted molar refractivity (Wildman–Crippen MR) is 142 cm³/mol. The maximum absolute atomic E-state index is 15.3. The molecule has 6 heteroatoms. The zero-order valence-electron chi connectivity index (χ0n) is 21.5. The lowest BCUT2D eigenvalue weighted by Gasteiger charge is -2.48. The van der Waals surface area contributed by atoms with Crippen molar-refractivity contribution in [1.82, 2.24) is 9.78 Å². The van der Waals surface area contributed by atoms with Gasteiger partial charge in [0.05, 0.1) is 23.5 Å². The van der Waals surface area contributed by atoms with Gasteiger partial charge in [0, 0.05) is 41.2 Å². The van der Waals surface area contributed by atoms with E-state index in [4.69, 9.17) is 5.10 Å². The van der Waals surface area contributed by atoms with Gasteiger partial charge in [-0.15, -0.1) is 0 Å². The van der Waals surface area contributed by atoms with Crippen LogP contribution in [0.25, 0.3) is 11.3 Å². The number of nitriles is 1. The SMILES string of the molecule is C[C@H]1C(=O)C(C#N)C[C@@]2(C)c3nn(C4CCN(c5ccccc5)CC4)c(-c4ccccc4F)c3CC[C@H]12. The van der Waals surface area contributed by atoms with E-state index in [-0.39, 0.29) is 34.9 Å². The van der Waals surface area contributed by atoms with Crippen LogP contribution in [0.4, 0.5) is 10.1 Å². The topological polar surface area (TPSA) is 61.9 Å². The lowest BCUT2D eigenvalue weighted by Crippen LogP contribution is -2.50. The van der Waals surface area contributed by atoms with E-state index in [1.54, 1.807) is 6.07 Å². The molecule has 3 aromatic rings. The van der Waals surface area contributed by atoms with Gasteiger partial charge in [-0.2, -0.15) is 10.4 Å². The molecular weight excluding hydrogens is 463 g/mol. The first-order valence-corrected chi connectivity index (χ1v) is 13.5. The minimum Gasteiger partial charge on any atom is -0.371 e. The first-order chi connectivity index (χ1) is 17.9. The maximum Gasteiger partial charge on any atom is 0.153 e. The molecule has 1 aromatic heterocycles. The molecule has 1 aliphatic heterocycles. The van der Waals surface area contributed by atoms with Gasteiger partial charge in [-0.1, -0.05) is 44.2 Å². The Hall–Kier alpha value is -3.46. The van der Waals surface area contributed by atoms with Crippen molar-refractivity contribution in [3.05, 3.63) is 71.7 Å². The summed E-state index contributed by atoms with van der Waals surface area (Å²) in [6.45, 7) is 5.99. The van der Waals surface area contributed by atoms with Gasteiger partial charge >= 0.3 is 0 Å². The summed E-state index contributed by atoms with van der Waals surface area (Å²) in [6, 6.07) is 19.9. The van der Waals surface area contributed by atoms with Crippen LogP contribution in [0.5, 0.6) is 0 Å². The van der Waals surface area contributed by atoms with Crippen LogP contribution in [0.15, 0.2) is 54.6 Å². The molecule has 1 unspecified atom stereocenters. The average Bonchev–Trinajstić information content (AvgIpc) is 3.32. The highest BCUT2D eigenvalue weighted by molar-refractivity contribution is 5.87. The Morgan fingerprint density at radius 2 is 1.76 bits per heavy atom. The van der Waals surface area contributed by atoms with E-state index in [1.807, 2.05) is 25.1 Å². The van der Waals surface area contributed by atoms with E-state index in [0.717, 1.165) is 55.7 Å². The van der Waals surface area contributed by atoms with Crippen molar-refractivity contribution in [1.29, 1.82) is 5.26 Å². The van der Waals surface area contributed by atoms with Crippen LogP contribution >= 0.6 is 0 Å². The highest BCUT2D eigenvalue weighted by Gasteiger charge is 2.54. The predicted octanol–water partition coefficient (Wildman–Crippen LogP) is 6.10. The van der Waals surface area contributed by atoms with Gasteiger partial charge in [0.1, 0.15) is 11.7 Å². The summed E-state index contributed by atoms with van der Waals surface area (Å²) in [5, 5.41) is 15.1. The Balaban J connectivity index is 1.43. The third kappa shape index (κ3) is 3.79. The number of Topliss-reactive ketones (excluding diaryl/α,β-unsaturated/α-hetero) is 1. The molecule has 2 heterocycles. The van der Waals surface area contributed by atoms with E-state index in [1.165, 1.54) is 11.8 Å². The van der Waals surface area contributed by atoms with Crippen molar-refractivity contribution in [3.63, 3.8) is 0 Å². The van der Waals surface area contributed by atoms with Crippen LogP contribution in [0.1, 0.15) is 56.8 Å². The molecule has 3 aliphatic rings. The summed E-state index contributed by atoms with van der Waals surface area (Å²) in [4.78, 5) is 15.3. The molecule has 1 saturated carbocycles. The van der Waals surface area contributed by atoms with Crippen molar-refractivity contribution in [2.75, 3.05) is 18.0 Å². The number of hydrogen-bond acceptors (Lipinski definition) is 4. The molecule has 1 saturated heterocycles. The molecule has 6 rings (SSSR count). The van der Waals surface area contributed by atoms with E-state index in [0.29, 0.717) is 12.0 Å². The van der Waals surface area contributed by atoms with E-state index in [9.17, 15) is 10.1 Å². The zero-order chi connectivity index (χ0) is 25.7. The van der Waals surface area contributed by atoms with Gasteiger partial charge in [0.2, 0.25) is 0 Å². The largest absolute Gasteiger partial charge is 0.371 e. The summed E-state index contributed by atoms with van der Waals surface area (Å²) in [7, 11) is 0. The quantitative estimate of drug-likeness (QED) is 0.440. The highest BCUT2D eigenvalue weighted by Crippen LogP contribution is 2.54. The molecule has 37 heavy (non-hydrogen) atoms. The fraction of sp³-hybridized carbons (Fsp3) is 0.452. The molecule has 0 N–H and O–H groups in total. The van der Waals surface area contributed by atoms with E-state index < -0.39 is 5.92 Å². The van der Waals surface area contributed by atoms with Crippen LogP contribution in [0, 0.1) is 34.9 Å². The van der Waals surface area contributed by atoms with Crippen LogP contribution in [0.3, 0.4) is 0 Å². The summed E-state index contributed by atoms with van der Waals surface area (Å²) in [5.41, 5.74) is 4.43. The summed E-state index contributed by atoms with van der Waals surface area (Å²) in [6.07, 6.45) is 3.97. The Bertz CT molecular complexity index is 1370. The Morgan fingerprint density at radius 3 is 2.46 bits per heavy atom. The Labute approximate surface area is 217 Å². The molecule has 5 nitrogen and oxygen atoms in total. The van der Waals surface area contributed by atoms with Crippen LogP contribution < -0.4 is 4.90 Å². The second kappa shape index (κ2) is 9.13. The maximum atomic E-state index is 15.3. The van der Waals surface area contributed by atoms with Crippen LogP contribution in [-0.4, -0.2) is 28.7 Å². The Kier molecular flexibility index (Phi) is 5.90. The number of aromatic nitrogens is 2. The minimum absolute atomic E-state index is 0.0652. The number of halogens is 1. The third-order valence-electron chi connectivity index (χ3n) is 9.31. The molecule has 0 bridgehead atoms. The smallest absolute Gasteiger partial charge is 0.153 e. The zero-order valence-corrected chi connectivity index (χ0v) is 21.5. The van der Waals surface area contributed by atoms with E-state index in [2.05, 4.69) is 46.8 Å². The summed E-state index contributed by atoms with van der Waals surface area (Å²) in [5.74, 6) is -0.807. The monoisotopic (exact) mass is 496 g/mol. The number of anilines is 1. The number of rotatable bonds is 3. The fourth-order valence-electron chi connectivity index (χ4n) is 7.37. The molecule has 2 aliphatic carbocycles. The van der Waals surface area contributed by atoms with Crippen LogP contribution in [0.2, 0.25) is 0 Å². The van der Waals surface area contributed by atoms with Crippen molar-refractivity contribution in [3.8, 4) is 17.3 Å². The van der Waals surface area contributed by atoms with Gasteiger partial charge in [0.15, 0.2) is 5.78 Å². The van der Waals surface area contributed by atoms with E-state index >= 15 is 4.39 Å². The van der Waals surface area contributed by atoms with Crippen LogP contribution in [-0.2, 0) is 16.6 Å². The number of carbonyl (C=O) groups excluding carboxylic acids is 1. The number of nitrogens with zero attached hydrogens (tertiary/aromatic N) is 4. The molecule has 0 spiro atoms. The minimum atomic E-state index is -0.613. The van der Waals surface area contributed by atoms with Gasteiger partial charge in [0.25, 0.3) is 0 Å². The van der Waals surface area contributed by atoms with Gasteiger partial charge in [-0.3, -0.25) is 9.48 Å². The average molecular weight is 497 g/mol. The second-order valence-electron chi connectivity index (χ2n) is 11.3. The number of fused-ring (bicyclic) bond motifs is 3. The lowest BCUT2D eigenvalue weighted by molar-refractivity contribution is -0.132. The number of ketones is 1. The lowest BCUT2D eigenvalue weighted by atomic mass is 9.54. The summed E-state index contributed by atoms with van der Waals surface area (Å²) >= 11 is 0. The second-order valence-corrected chi connectivity index (χ2v) is 11.3. The van der Waals surface area contributed by atoms with Crippen molar-refractivity contribution in [2.24, 2.45) is 17.8 Å². The first kappa shape index (κ1) is 23.9. The molecule has 0 amide bonds. The van der Waals surface area contributed by atoms with Crippen molar-refractivity contribution in [2.45, 2.75) is 57.4 Å². The van der Waals surface area contributed by atoms with Crippen molar-refractivity contribution >= 4 is 11.5 Å². The van der Waals surface area contributed by atoms with Gasteiger partial charge in [-0.25, -0.2) is 4.39 Å². The number of piperidine rings is 1. The highest BCUT2D eigenvalue weighted by atomic mass is 19.1. The number of hydrogen-bond donors (Lipinski definition) is 0. The molecule has 2 fully saturated rings. The summed E-state index contributed by atoms with van der Waals surface area (Å²) < 4.78 is 17.4. The molecule has 190 valence electrons. The van der Waals surface area contributed by atoms with Gasteiger partial charge < -0.3 is 4.90 Å². The van der Waals surface area contributed by atoms with Crippen molar-refractivity contribution < 1.29 is 9.18 Å². The molecule has 2 aromatic carbocycles.